The number of rotatable bonds is 5. The first-order chi connectivity index (χ1) is 9.10. The predicted octanol–water partition coefficient (Wildman–Crippen LogP) is 0.857. The van der Waals surface area contributed by atoms with E-state index in [1.807, 2.05) is 0 Å². The number of carbonyl (C=O) groups is 2. The molecule has 0 radical (unpaired) electrons. The van der Waals surface area contributed by atoms with Crippen LogP contribution in [0.5, 0.6) is 0 Å². The van der Waals surface area contributed by atoms with Gasteiger partial charge in [-0.2, -0.15) is 0 Å². The van der Waals surface area contributed by atoms with Gasteiger partial charge in [0.25, 0.3) is 5.91 Å². The Balaban J connectivity index is 2.00. The smallest absolute Gasteiger partial charge is 0.328 e. The first-order valence-corrected chi connectivity index (χ1v) is 6.27. The molecule has 2 rings (SSSR count). The minimum absolute atomic E-state index is 0.204. The van der Waals surface area contributed by atoms with Crippen molar-refractivity contribution in [2.75, 3.05) is 7.11 Å². The summed E-state index contributed by atoms with van der Waals surface area (Å²) in [6.45, 7) is 1.79. The molecule has 1 aliphatic carbocycles. The fourth-order valence-corrected chi connectivity index (χ4v) is 1.79. The fraction of sp³-hybridized carbons (Fsp3) is 0.538. The van der Waals surface area contributed by atoms with E-state index in [4.69, 9.17) is 4.74 Å². The van der Waals surface area contributed by atoms with Gasteiger partial charge in [0.15, 0.2) is 0 Å². The number of nitrogens with zero attached hydrogens (tertiary/aromatic N) is 2. The van der Waals surface area contributed by atoms with Crippen LogP contribution in [0.25, 0.3) is 0 Å². The van der Waals surface area contributed by atoms with Crippen molar-refractivity contribution >= 4 is 11.9 Å². The molecule has 0 aliphatic heterocycles. The third-order valence-corrected chi connectivity index (χ3v) is 3.07. The number of nitrogens with one attached hydrogen (secondary N) is 1. The van der Waals surface area contributed by atoms with E-state index in [0.29, 0.717) is 12.3 Å². The number of ether oxygens (including phenoxy) is 1. The van der Waals surface area contributed by atoms with Gasteiger partial charge in [0.1, 0.15) is 11.7 Å². The van der Waals surface area contributed by atoms with Gasteiger partial charge in [0.2, 0.25) is 0 Å². The Morgan fingerprint density at radius 3 is 2.68 bits per heavy atom. The maximum absolute atomic E-state index is 12.0. The van der Waals surface area contributed by atoms with Crippen LogP contribution in [-0.4, -0.2) is 35.0 Å². The number of esters is 1. The first-order valence-electron chi connectivity index (χ1n) is 6.27. The quantitative estimate of drug-likeness (QED) is 0.797. The third kappa shape index (κ3) is 3.74. The summed E-state index contributed by atoms with van der Waals surface area (Å²) in [7, 11) is 1.32. The molecule has 1 heterocycles. The Hall–Kier alpha value is -1.98. The van der Waals surface area contributed by atoms with Crippen molar-refractivity contribution in [3.63, 3.8) is 0 Å². The Labute approximate surface area is 111 Å². The number of aryl methyl sites for hydroxylation is 1. The van der Waals surface area contributed by atoms with Crippen LogP contribution in [0.1, 0.15) is 35.4 Å². The molecule has 1 amide bonds. The molecule has 0 spiro atoms. The molecule has 0 aromatic carbocycles. The average molecular weight is 263 g/mol. The molecule has 1 aliphatic rings. The van der Waals surface area contributed by atoms with Crippen molar-refractivity contribution in [1.82, 2.24) is 15.3 Å². The summed E-state index contributed by atoms with van der Waals surface area (Å²) in [4.78, 5) is 31.6. The highest BCUT2D eigenvalue weighted by atomic mass is 16.5. The molecule has 0 bridgehead atoms. The summed E-state index contributed by atoms with van der Waals surface area (Å²) in [5, 5.41) is 2.66. The lowest BCUT2D eigenvalue weighted by molar-refractivity contribution is -0.143. The Kier molecular flexibility index (Phi) is 4.09. The van der Waals surface area contributed by atoms with Gasteiger partial charge in [-0.15, -0.1) is 0 Å². The van der Waals surface area contributed by atoms with E-state index in [-0.39, 0.29) is 5.69 Å². The van der Waals surface area contributed by atoms with E-state index in [1.165, 1.54) is 19.5 Å². The lowest BCUT2D eigenvalue weighted by atomic mass is 10.1. The zero-order valence-electron chi connectivity index (χ0n) is 11.0. The molecule has 19 heavy (non-hydrogen) atoms. The van der Waals surface area contributed by atoms with Gasteiger partial charge in [0, 0.05) is 6.20 Å². The number of methoxy groups -OCH3 is 1. The Morgan fingerprint density at radius 1 is 1.42 bits per heavy atom. The lowest BCUT2D eigenvalue weighted by Gasteiger charge is -2.15. The van der Waals surface area contributed by atoms with Crippen LogP contribution in [-0.2, 0) is 9.53 Å². The van der Waals surface area contributed by atoms with Gasteiger partial charge >= 0.3 is 5.97 Å². The van der Waals surface area contributed by atoms with Crippen LogP contribution in [0.4, 0.5) is 0 Å². The molecular formula is C13H17N3O3. The molecule has 1 atom stereocenters. The SMILES string of the molecule is COC(=O)C(CC1CC1)NC(=O)c1cnc(C)cn1. The lowest BCUT2D eigenvalue weighted by Crippen LogP contribution is -2.42. The second kappa shape index (κ2) is 5.77. The number of hydrogen-bond donors (Lipinski definition) is 1. The molecule has 1 unspecified atom stereocenters. The number of amides is 1. The van der Waals surface area contributed by atoms with E-state index in [0.717, 1.165) is 18.5 Å². The predicted molar refractivity (Wildman–Crippen MR) is 67.4 cm³/mol. The monoisotopic (exact) mass is 263 g/mol. The van der Waals surface area contributed by atoms with E-state index < -0.39 is 17.9 Å². The molecular weight excluding hydrogens is 246 g/mol. The minimum Gasteiger partial charge on any atom is -0.467 e. The fourth-order valence-electron chi connectivity index (χ4n) is 1.79. The zero-order chi connectivity index (χ0) is 13.8. The third-order valence-electron chi connectivity index (χ3n) is 3.07. The summed E-state index contributed by atoms with van der Waals surface area (Å²) in [6.07, 6.45) is 5.75. The van der Waals surface area contributed by atoms with Gasteiger partial charge in [-0.3, -0.25) is 9.78 Å². The molecule has 1 saturated carbocycles. The molecule has 1 aromatic rings. The maximum atomic E-state index is 12.0. The van der Waals surface area contributed by atoms with Crippen LogP contribution in [0.2, 0.25) is 0 Å². The van der Waals surface area contributed by atoms with Crippen molar-refractivity contribution in [2.24, 2.45) is 5.92 Å². The Bertz CT molecular complexity index is 469. The van der Waals surface area contributed by atoms with Gasteiger partial charge < -0.3 is 10.1 Å². The van der Waals surface area contributed by atoms with Crippen LogP contribution < -0.4 is 5.32 Å². The zero-order valence-corrected chi connectivity index (χ0v) is 11.0. The van der Waals surface area contributed by atoms with Gasteiger partial charge in [-0.05, 0) is 19.3 Å². The van der Waals surface area contributed by atoms with Crippen molar-refractivity contribution in [3.05, 3.63) is 23.8 Å². The van der Waals surface area contributed by atoms with Crippen molar-refractivity contribution < 1.29 is 14.3 Å². The second-order valence-electron chi connectivity index (χ2n) is 4.77. The number of carbonyl (C=O) groups excluding carboxylic acids is 2. The van der Waals surface area contributed by atoms with Crippen molar-refractivity contribution in [2.45, 2.75) is 32.2 Å². The van der Waals surface area contributed by atoms with Gasteiger partial charge in [-0.25, -0.2) is 9.78 Å². The summed E-state index contributed by atoms with van der Waals surface area (Å²) >= 11 is 0. The normalized spacial score (nSPS) is 15.7. The maximum Gasteiger partial charge on any atom is 0.328 e. The second-order valence-corrected chi connectivity index (χ2v) is 4.77. The van der Waals surface area contributed by atoms with Crippen LogP contribution in [0.3, 0.4) is 0 Å². The highest BCUT2D eigenvalue weighted by Gasteiger charge is 2.31. The molecule has 1 fully saturated rings. The largest absolute Gasteiger partial charge is 0.467 e. The molecule has 6 nitrogen and oxygen atoms in total. The van der Waals surface area contributed by atoms with Crippen LogP contribution in [0, 0.1) is 12.8 Å². The molecule has 1 aromatic heterocycles. The molecule has 6 heteroatoms. The first kappa shape index (κ1) is 13.5. The van der Waals surface area contributed by atoms with Crippen LogP contribution >= 0.6 is 0 Å². The summed E-state index contributed by atoms with van der Waals surface area (Å²) < 4.78 is 4.71. The van der Waals surface area contributed by atoms with E-state index >= 15 is 0 Å². The molecule has 0 saturated heterocycles. The van der Waals surface area contributed by atoms with E-state index in [1.54, 1.807) is 6.92 Å². The summed E-state index contributed by atoms with van der Waals surface area (Å²) in [5.41, 5.74) is 0.939. The average Bonchev–Trinajstić information content (AvgIpc) is 3.21. The van der Waals surface area contributed by atoms with Crippen LogP contribution in [0.15, 0.2) is 12.4 Å². The van der Waals surface area contributed by atoms with E-state index in [2.05, 4.69) is 15.3 Å². The van der Waals surface area contributed by atoms with Crippen molar-refractivity contribution in [1.29, 1.82) is 0 Å². The molecule has 102 valence electrons. The summed E-state index contributed by atoms with van der Waals surface area (Å²) in [6, 6.07) is -0.604. The van der Waals surface area contributed by atoms with E-state index in [9.17, 15) is 9.59 Å². The van der Waals surface area contributed by atoms with Gasteiger partial charge in [-0.1, -0.05) is 12.8 Å². The highest BCUT2D eigenvalue weighted by molar-refractivity contribution is 5.94. The molecule has 1 N–H and O–H groups in total. The van der Waals surface area contributed by atoms with Crippen molar-refractivity contribution in [3.8, 4) is 0 Å². The Morgan fingerprint density at radius 2 is 2.16 bits per heavy atom. The minimum atomic E-state index is -0.604. The summed E-state index contributed by atoms with van der Waals surface area (Å²) in [5.74, 6) is -0.308. The van der Waals surface area contributed by atoms with Gasteiger partial charge in [0.05, 0.1) is 19.0 Å². The number of aromatic nitrogens is 2. The standard InChI is InChI=1S/C13H17N3O3/c1-8-6-15-11(7-14-8)12(17)16-10(13(18)19-2)5-9-3-4-9/h6-7,9-10H,3-5H2,1-2H3,(H,16,17). The topological polar surface area (TPSA) is 81.2 Å². The highest BCUT2D eigenvalue weighted by Crippen LogP contribution is 2.33. The number of hydrogen-bond acceptors (Lipinski definition) is 5.